The van der Waals surface area contributed by atoms with Gasteiger partial charge in [0, 0.05) is 25.7 Å². The second-order valence-electron chi connectivity index (χ2n) is 25.8. The molecule has 17 nitrogen and oxygen atoms in total. The molecule has 0 aliphatic rings. The smallest absolute Gasteiger partial charge is 0.462 e. The molecule has 3 unspecified atom stereocenters. The first-order chi connectivity index (χ1) is 42.8. The Morgan fingerprint density at radius 2 is 0.663 bits per heavy atom. The third-order valence-electron chi connectivity index (χ3n) is 15.9. The number of aliphatic hydroxyl groups is 1. The van der Waals surface area contributed by atoms with Gasteiger partial charge >= 0.3 is 39.5 Å². The molecule has 3 N–H and O–H groups in total. The number of allylic oxidation sites excluding steroid dienone is 4. The summed E-state index contributed by atoms with van der Waals surface area (Å²) >= 11 is 0. The lowest BCUT2D eigenvalue weighted by Crippen LogP contribution is -2.30. The van der Waals surface area contributed by atoms with E-state index in [9.17, 15) is 43.2 Å². The Morgan fingerprint density at radius 3 is 1.00 bits per heavy atom. The van der Waals surface area contributed by atoms with Crippen molar-refractivity contribution in [3.05, 3.63) is 24.3 Å². The molecule has 0 amide bonds. The van der Waals surface area contributed by atoms with E-state index >= 15 is 0 Å². The highest BCUT2D eigenvalue weighted by molar-refractivity contribution is 7.47. The Hall–Kier alpha value is -2.46. The van der Waals surface area contributed by atoms with E-state index in [0.717, 1.165) is 127 Å². The number of carbonyl (C=O) groups is 4. The van der Waals surface area contributed by atoms with Crippen molar-refractivity contribution in [2.45, 2.75) is 343 Å². The summed E-state index contributed by atoms with van der Waals surface area (Å²) in [6, 6.07) is 0. The lowest BCUT2D eigenvalue weighted by Gasteiger charge is -2.21. The Labute approximate surface area is 542 Å². The average Bonchev–Trinajstić information content (AvgIpc) is 3.67. The predicted molar refractivity (Wildman–Crippen MR) is 358 cm³/mol. The molecule has 0 heterocycles. The molecule has 524 valence electrons. The molecule has 0 aromatic heterocycles. The Bertz CT molecular complexity index is 1840. The summed E-state index contributed by atoms with van der Waals surface area (Å²) in [6.07, 6.45) is 46.7. The highest BCUT2D eigenvalue weighted by Gasteiger charge is 2.30. The zero-order valence-electron chi connectivity index (χ0n) is 57.4. The summed E-state index contributed by atoms with van der Waals surface area (Å²) in [5.74, 6) is 0.0350. The van der Waals surface area contributed by atoms with Crippen molar-refractivity contribution in [3.63, 3.8) is 0 Å². The zero-order valence-corrected chi connectivity index (χ0v) is 59.2. The van der Waals surface area contributed by atoms with E-state index in [1.54, 1.807) is 0 Å². The maximum atomic E-state index is 13.0. The van der Waals surface area contributed by atoms with Crippen LogP contribution in [0.5, 0.6) is 0 Å². The predicted octanol–water partition coefficient (Wildman–Crippen LogP) is 19.4. The summed E-state index contributed by atoms with van der Waals surface area (Å²) in [7, 11) is -9.91. The van der Waals surface area contributed by atoms with Crippen LogP contribution in [0.1, 0.15) is 325 Å². The summed E-state index contributed by atoms with van der Waals surface area (Å²) in [5.41, 5.74) is 0. The van der Waals surface area contributed by atoms with Gasteiger partial charge in [-0.2, -0.15) is 0 Å². The second-order valence-corrected chi connectivity index (χ2v) is 28.7. The maximum absolute atomic E-state index is 13.0. The van der Waals surface area contributed by atoms with Crippen molar-refractivity contribution in [1.82, 2.24) is 0 Å². The van der Waals surface area contributed by atoms with Crippen LogP contribution in [0.2, 0.25) is 0 Å². The van der Waals surface area contributed by atoms with Crippen LogP contribution in [0, 0.1) is 17.8 Å². The van der Waals surface area contributed by atoms with Crippen LogP contribution in [0.15, 0.2) is 24.3 Å². The van der Waals surface area contributed by atoms with Crippen molar-refractivity contribution < 1.29 is 80.2 Å². The molecule has 89 heavy (non-hydrogen) atoms. The van der Waals surface area contributed by atoms with E-state index in [4.69, 9.17) is 37.0 Å². The Morgan fingerprint density at radius 1 is 0.371 bits per heavy atom. The average molecular weight is 1310 g/mol. The maximum Gasteiger partial charge on any atom is 0.472 e. The van der Waals surface area contributed by atoms with Gasteiger partial charge in [0.15, 0.2) is 12.2 Å². The van der Waals surface area contributed by atoms with Crippen LogP contribution in [-0.2, 0) is 65.4 Å². The van der Waals surface area contributed by atoms with Gasteiger partial charge in [-0.3, -0.25) is 37.3 Å². The van der Waals surface area contributed by atoms with Crippen molar-refractivity contribution in [3.8, 4) is 0 Å². The van der Waals surface area contributed by atoms with Crippen molar-refractivity contribution >= 4 is 39.5 Å². The molecule has 0 bridgehead atoms. The van der Waals surface area contributed by atoms with Gasteiger partial charge in [0.2, 0.25) is 0 Å². The number of phosphoric ester groups is 2. The number of unbranched alkanes of at least 4 members (excludes halogenated alkanes) is 30. The van der Waals surface area contributed by atoms with Crippen molar-refractivity contribution in [2.75, 3.05) is 39.6 Å². The van der Waals surface area contributed by atoms with Gasteiger partial charge in [0.25, 0.3) is 0 Å². The Balaban J connectivity index is 5.29. The SMILES string of the molecule is CCCCCC/C=C\C=C/CCCCCCCC(=O)O[C@H](COC(=O)CCCCCCCCC(C)CC)COP(=O)(O)OC[C@H](O)COP(=O)(O)OC[C@@H](COC(=O)CCCCCCCCCC(C)C)OC(=O)CCCCCCCCCCCCCC(C)C. The van der Waals surface area contributed by atoms with Crippen LogP contribution in [0.25, 0.3) is 0 Å². The number of ether oxygens (including phenoxy) is 4. The van der Waals surface area contributed by atoms with Gasteiger partial charge in [-0.25, -0.2) is 9.13 Å². The molecule has 0 rings (SSSR count). The molecule has 0 saturated heterocycles. The molecule has 0 aromatic rings. The third-order valence-corrected chi connectivity index (χ3v) is 17.8. The minimum atomic E-state index is -4.96. The molecular weight excluding hydrogens is 1170 g/mol. The molecule has 0 aliphatic heterocycles. The number of phosphoric acid groups is 2. The molecule has 0 aromatic carbocycles. The summed E-state index contributed by atoms with van der Waals surface area (Å²) < 4.78 is 68.2. The van der Waals surface area contributed by atoms with E-state index < -0.39 is 97.5 Å². The lowest BCUT2D eigenvalue weighted by atomic mass is 10.00. The van der Waals surface area contributed by atoms with Crippen LogP contribution in [0.3, 0.4) is 0 Å². The van der Waals surface area contributed by atoms with Gasteiger partial charge < -0.3 is 33.8 Å². The quantitative estimate of drug-likeness (QED) is 0.0169. The van der Waals surface area contributed by atoms with E-state index in [-0.39, 0.29) is 25.7 Å². The van der Waals surface area contributed by atoms with E-state index in [1.165, 1.54) is 109 Å². The number of aliphatic hydroxyl groups excluding tert-OH is 1. The second kappa shape index (κ2) is 60.5. The van der Waals surface area contributed by atoms with E-state index in [2.05, 4.69) is 72.8 Å². The first-order valence-electron chi connectivity index (χ1n) is 35.7. The Kier molecular flexibility index (Phi) is 58.8. The molecule has 0 saturated carbocycles. The van der Waals surface area contributed by atoms with Crippen molar-refractivity contribution in [2.24, 2.45) is 17.8 Å². The van der Waals surface area contributed by atoms with Gasteiger partial charge in [-0.1, -0.05) is 272 Å². The van der Waals surface area contributed by atoms with Crippen LogP contribution < -0.4 is 0 Å². The fraction of sp³-hybridized carbons (Fsp3) is 0.886. The first kappa shape index (κ1) is 86.5. The summed E-state index contributed by atoms with van der Waals surface area (Å²) in [4.78, 5) is 72.5. The molecular formula is C70H132O17P2. The zero-order chi connectivity index (χ0) is 65.9. The molecule has 0 fully saturated rings. The van der Waals surface area contributed by atoms with Crippen molar-refractivity contribution in [1.29, 1.82) is 0 Å². The number of hydrogen-bond acceptors (Lipinski definition) is 15. The number of hydrogen-bond donors (Lipinski definition) is 3. The van der Waals surface area contributed by atoms with Gasteiger partial charge in [-0.05, 0) is 69.1 Å². The monoisotopic (exact) mass is 1310 g/mol. The largest absolute Gasteiger partial charge is 0.472 e. The minimum Gasteiger partial charge on any atom is -0.462 e. The fourth-order valence-corrected chi connectivity index (χ4v) is 11.5. The van der Waals surface area contributed by atoms with Crippen LogP contribution >= 0.6 is 15.6 Å². The number of rotatable bonds is 66. The number of carbonyl (C=O) groups excluding carboxylic acids is 4. The van der Waals surface area contributed by atoms with Gasteiger partial charge in [-0.15, -0.1) is 0 Å². The van der Waals surface area contributed by atoms with Gasteiger partial charge in [0.1, 0.15) is 19.3 Å². The normalized spacial score (nSPS) is 14.7. The van der Waals surface area contributed by atoms with E-state index in [0.29, 0.717) is 31.6 Å². The fourth-order valence-electron chi connectivity index (χ4n) is 9.97. The van der Waals surface area contributed by atoms with Crippen LogP contribution in [-0.4, -0.2) is 96.7 Å². The minimum absolute atomic E-state index is 0.0836. The number of esters is 4. The molecule has 0 spiro atoms. The van der Waals surface area contributed by atoms with E-state index in [1.807, 2.05) is 0 Å². The lowest BCUT2D eigenvalue weighted by molar-refractivity contribution is -0.161. The molecule has 19 heteroatoms. The first-order valence-corrected chi connectivity index (χ1v) is 38.7. The third kappa shape index (κ3) is 62.7. The summed E-state index contributed by atoms with van der Waals surface area (Å²) in [5, 5.41) is 10.6. The molecule has 0 radical (unpaired) electrons. The highest BCUT2D eigenvalue weighted by atomic mass is 31.2. The topological polar surface area (TPSA) is 237 Å². The molecule has 6 atom stereocenters. The summed E-state index contributed by atoms with van der Waals surface area (Å²) in [6.45, 7) is 11.7. The molecule has 0 aliphatic carbocycles. The standard InChI is InChI=1S/C70H132O17P2/c1-8-10-11-12-13-14-15-16-17-18-21-24-29-39-46-53-69(74)87-66(58-81-68(73)52-45-38-33-32-36-43-50-63(7)9-2)60-85-89(78,79)83-56-64(71)55-82-88(76,77)84-59-65(57-80-67(72)51-44-37-31-26-28-35-42-49-62(5)6)86-70(75)54-47-40-30-25-22-19-20-23-27-34-41-48-61(3)4/h14-17,61-66,71H,8-13,18-60H2,1-7H3,(H,76,77)(H,78,79)/b15-14-,17-16-/t63?,64-,65-,66-/m1/s1. The highest BCUT2D eigenvalue weighted by Crippen LogP contribution is 2.45. The van der Waals surface area contributed by atoms with Gasteiger partial charge in [0.05, 0.1) is 26.4 Å². The van der Waals surface area contributed by atoms with Crippen LogP contribution in [0.4, 0.5) is 0 Å².